The zero-order valence-electron chi connectivity index (χ0n) is 8.70. The number of halogens is 1. The Balaban J connectivity index is 2.10. The number of carbonyl (C=O) groups is 1. The van der Waals surface area contributed by atoms with Gasteiger partial charge in [0.2, 0.25) is 5.91 Å². The predicted molar refractivity (Wildman–Crippen MR) is 57.4 cm³/mol. The molecule has 3 N–H and O–H groups in total. The Morgan fingerprint density at radius 3 is 2.88 bits per heavy atom. The molecule has 1 aliphatic rings. The van der Waals surface area contributed by atoms with Gasteiger partial charge < -0.3 is 15.8 Å². The molecule has 4 nitrogen and oxygen atoms in total. The monoisotopic (exact) mass is 224 g/mol. The third-order valence-corrected chi connectivity index (χ3v) is 2.63. The van der Waals surface area contributed by atoms with E-state index in [4.69, 9.17) is 10.5 Å². The number of anilines is 1. The van der Waals surface area contributed by atoms with Crippen molar-refractivity contribution in [2.45, 2.75) is 12.0 Å². The zero-order valence-corrected chi connectivity index (χ0v) is 8.70. The summed E-state index contributed by atoms with van der Waals surface area (Å²) in [6.07, 6.45) is 0.452. The molecule has 1 heterocycles. The second-order valence-corrected chi connectivity index (χ2v) is 3.89. The van der Waals surface area contributed by atoms with Crippen molar-refractivity contribution < 1.29 is 13.9 Å². The van der Waals surface area contributed by atoms with Gasteiger partial charge in [0.1, 0.15) is 11.4 Å². The largest absolute Gasteiger partial charge is 0.379 e. The van der Waals surface area contributed by atoms with Crippen molar-refractivity contribution in [2.75, 3.05) is 18.5 Å². The molecule has 0 radical (unpaired) electrons. The minimum Gasteiger partial charge on any atom is -0.379 e. The van der Waals surface area contributed by atoms with Crippen LogP contribution in [-0.2, 0) is 9.53 Å². The fourth-order valence-electron chi connectivity index (χ4n) is 1.57. The quantitative estimate of drug-likeness (QED) is 0.783. The lowest BCUT2D eigenvalue weighted by Crippen LogP contribution is -2.51. The van der Waals surface area contributed by atoms with Gasteiger partial charge in [0.05, 0.1) is 12.3 Å². The smallest absolute Gasteiger partial charge is 0.247 e. The van der Waals surface area contributed by atoms with Crippen molar-refractivity contribution in [3.63, 3.8) is 0 Å². The number of nitrogens with two attached hydrogens (primary N) is 1. The molecule has 2 rings (SSSR count). The van der Waals surface area contributed by atoms with Crippen molar-refractivity contribution in [2.24, 2.45) is 5.73 Å². The minimum absolute atomic E-state index is 0.143. The van der Waals surface area contributed by atoms with Crippen LogP contribution in [0.4, 0.5) is 10.1 Å². The number of para-hydroxylation sites is 1. The van der Waals surface area contributed by atoms with E-state index in [-0.39, 0.29) is 12.3 Å². The molecule has 0 bridgehead atoms. The predicted octanol–water partition coefficient (Wildman–Crippen LogP) is 0.882. The highest BCUT2D eigenvalue weighted by molar-refractivity contribution is 5.98. The summed E-state index contributed by atoms with van der Waals surface area (Å²) in [5.41, 5.74) is 4.94. The summed E-state index contributed by atoms with van der Waals surface area (Å²) in [4.78, 5) is 11.8. The van der Waals surface area contributed by atoms with Gasteiger partial charge in [-0.3, -0.25) is 4.79 Å². The van der Waals surface area contributed by atoms with Crippen LogP contribution in [0.5, 0.6) is 0 Å². The van der Waals surface area contributed by atoms with E-state index in [0.717, 1.165) is 0 Å². The first kappa shape index (κ1) is 11.0. The van der Waals surface area contributed by atoms with Gasteiger partial charge in [-0.15, -0.1) is 0 Å². The Morgan fingerprint density at radius 2 is 2.25 bits per heavy atom. The molecule has 0 aromatic heterocycles. The van der Waals surface area contributed by atoms with E-state index in [1.165, 1.54) is 12.1 Å². The van der Waals surface area contributed by atoms with E-state index in [1.807, 2.05) is 0 Å². The van der Waals surface area contributed by atoms with E-state index in [2.05, 4.69) is 5.32 Å². The summed E-state index contributed by atoms with van der Waals surface area (Å²) >= 11 is 0. The van der Waals surface area contributed by atoms with Gasteiger partial charge in [0.15, 0.2) is 0 Å². The average molecular weight is 224 g/mol. The van der Waals surface area contributed by atoms with Crippen LogP contribution in [-0.4, -0.2) is 24.7 Å². The molecule has 0 saturated carbocycles. The first-order valence-electron chi connectivity index (χ1n) is 5.04. The molecule has 1 aromatic carbocycles. The molecule has 1 saturated heterocycles. The summed E-state index contributed by atoms with van der Waals surface area (Å²) in [5.74, 6) is -0.881. The van der Waals surface area contributed by atoms with Crippen LogP contribution in [0.2, 0.25) is 0 Å². The molecular weight excluding hydrogens is 211 g/mol. The van der Waals surface area contributed by atoms with E-state index in [0.29, 0.717) is 13.0 Å². The normalized spacial score (nSPS) is 24.4. The van der Waals surface area contributed by atoms with Crippen molar-refractivity contribution in [1.29, 1.82) is 0 Å². The Bertz CT molecular complexity index is 403. The third-order valence-electron chi connectivity index (χ3n) is 2.63. The maximum Gasteiger partial charge on any atom is 0.247 e. The maximum absolute atomic E-state index is 13.3. The Kier molecular flexibility index (Phi) is 2.89. The molecule has 86 valence electrons. The van der Waals surface area contributed by atoms with Crippen molar-refractivity contribution in [3.8, 4) is 0 Å². The van der Waals surface area contributed by atoms with Gasteiger partial charge in [0, 0.05) is 6.61 Å². The highest BCUT2D eigenvalue weighted by Crippen LogP contribution is 2.19. The van der Waals surface area contributed by atoms with E-state index < -0.39 is 17.3 Å². The summed E-state index contributed by atoms with van der Waals surface area (Å²) in [6, 6.07) is 5.98. The molecule has 1 aromatic rings. The highest BCUT2D eigenvalue weighted by atomic mass is 19.1. The van der Waals surface area contributed by atoms with Gasteiger partial charge in [0.25, 0.3) is 0 Å². The zero-order chi connectivity index (χ0) is 11.6. The van der Waals surface area contributed by atoms with E-state index >= 15 is 0 Å². The Morgan fingerprint density at radius 1 is 1.50 bits per heavy atom. The Labute approximate surface area is 92.6 Å². The molecule has 1 unspecified atom stereocenters. The van der Waals surface area contributed by atoms with E-state index in [1.54, 1.807) is 12.1 Å². The fourth-order valence-corrected chi connectivity index (χ4v) is 1.57. The summed E-state index contributed by atoms with van der Waals surface area (Å²) in [5, 5.41) is 2.47. The van der Waals surface area contributed by atoms with Gasteiger partial charge in [-0.2, -0.15) is 0 Å². The number of amides is 1. The molecular formula is C11H13FN2O2. The number of ether oxygens (including phenoxy) is 1. The lowest BCUT2D eigenvalue weighted by Gasteiger charge is -2.20. The number of hydrogen-bond donors (Lipinski definition) is 2. The van der Waals surface area contributed by atoms with Crippen LogP contribution in [0, 0.1) is 5.82 Å². The molecule has 5 heteroatoms. The molecule has 1 fully saturated rings. The van der Waals surface area contributed by atoms with Gasteiger partial charge >= 0.3 is 0 Å². The summed E-state index contributed by atoms with van der Waals surface area (Å²) < 4.78 is 18.3. The van der Waals surface area contributed by atoms with Crippen LogP contribution in [0.25, 0.3) is 0 Å². The third kappa shape index (κ3) is 2.05. The average Bonchev–Trinajstić information content (AvgIpc) is 2.70. The molecule has 1 atom stereocenters. The van der Waals surface area contributed by atoms with Crippen LogP contribution in [0.1, 0.15) is 6.42 Å². The standard InChI is InChI=1S/C11H13FN2O2/c12-8-3-1-2-4-9(8)14-10(15)11(13)5-6-16-7-11/h1-4H,5-7,13H2,(H,14,15). The lowest BCUT2D eigenvalue weighted by molar-refractivity contribution is -0.121. The van der Waals surface area contributed by atoms with Crippen molar-refractivity contribution in [3.05, 3.63) is 30.1 Å². The Hall–Kier alpha value is -1.46. The lowest BCUT2D eigenvalue weighted by atomic mass is 9.99. The molecule has 0 spiro atoms. The topological polar surface area (TPSA) is 64.4 Å². The second-order valence-electron chi connectivity index (χ2n) is 3.89. The number of hydrogen-bond acceptors (Lipinski definition) is 3. The van der Waals surface area contributed by atoms with Crippen molar-refractivity contribution in [1.82, 2.24) is 0 Å². The van der Waals surface area contributed by atoms with Crippen LogP contribution in [0.15, 0.2) is 24.3 Å². The van der Waals surface area contributed by atoms with Crippen LogP contribution in [0.3, 0.4) is 0 Å². The number of benzene rings is 1. The highest BCUT2D eigenvalue weighted by Gasteiger charge is 2.38. The maximum atomic E-state index is 13.3. The number of nitrogens with one attached hydrogen (secondary N) is 1. The number of carbonyl (C=O) groups excluding carboxylic acids is 1. The van der Waals surface area contributed by atoms with E-state index in [9.17, 15) is 9.18 Å². The SMILES string of the molecule is NC1(C(=O)Nc2ccccc2F)CCOC1. The molecule has 0 aliphatic carbocycles. The first-order valence-corrected chi connectivity index (χ1v) is 5.04. The minimum atomic E-state index is -1.04. The van der Waals surface area contributed by atoms with Crippen molar-refractivity contribution >= 4 is 11.6 Å². The molecule has 1 amide bonds. The second kappa shape index (κ2) is 4.19. The fraction of sp³-hybridized carbons (Fsp3) is 0.364. The summed E-state index contributed by atoms with van der Waals surface area (Å²) in [6.45, 7) is 0.633. The summed E-state index contributed by atoms with van der Waals surface area (Å²) in [7, 11) is 0. The van der Waals surface area contributed by atoms with Gasteiger partial charge in [-0.05, 0) is 18.6 Å². The van der Waals surface area contributed by atoms with Gasteiger partial charge in [-0.1, -0.05) is 12.1 Å². The first-order chi connectivity index (χ1) is 7.62. The molecule has 16 heavy (non-hydrogen) atoms. The molecule has 1 aliphatic heterocycles. The van der Waals surface area contributed by atoms with Gasteiger partial charge in [-0.25, -0.2) is 4.39 Å². The number of rotatable bonds is 2. The van der Waals surface area contributed by atoms with Crippen LogP contribution < -0.4 is 11.1 Å². The van der Waals surface area contributed by atoms with Crippen LogP contribution >= 0.6 is 0 Å².